The van der Waals surface area contributed by atoms with E-state index in [1.54, 1.807) is 0 Å². The largest absolute Gasteiger partial charge is 0.493 e. The Kier molecular flexibility index (Phi) is 17.4. The first-order valence-corrected chi connectivity index (χ1v) is 17.4. The highest BCUT2D eigenvalue weighted by Gasteiger charge is 2.96. The topological polar surface area (TPSA) is 44.8 Å². The molecule has 0 aliphatic heterocycles. The van der Waals surface area contributed by atoms with E-state index in [1.807, 2.05) is 0 Å². The molecule has 0 unspecified atom stereocenters. The van der Waals surface area contributed by atoms with Crippen LogP contribution in [0.4, 0.5) is 149 Å². The van der Waals surface area contributed by atoms with Crippen LogP contribution in [0.25, 0.3) is 0 Å². The lowest BCUT2D eigenvalue weighted by Gasteiger charge is -2.42. The Bertz CT molecular complexity index is 1820. The number of unbranched alkanes of at least 4 members (excludes halogenated alkanes) is 2. The summed E-state index contributed by atoms with van der Waals surface area (Å²) in [5.74, 6) is -119. The fourth-order valence-corrected chi connectivity index (χ4v) is 4.96. The van der Waals surface area contributed by atoms with Crippen molar-refractivity contribution in [2.24, 2.45) is 0 Å². The van der Waals surface area contributed by atoms with Gasteiger partial charge in [0.2, 0.25) is 0 Å². The maximum Gasteiger partial charge on any atom is 0.460 e. The SMILES string of the molecule is COC(=O)c1cc(OCCCCC(F)(F)C(F)(F)C(F)(F)C(F)(F)C(F)(F)C(F)(F)C(F)(F)C(F)(F)F)cc(OCCCCC(F)(F)C(F)(F)C(F)(F)C(F)(F)C(F)(F)C(F)(F)C(F)(F)C(F)(F)F)c1. The lowest BCUT2D eigenvalue weighted by atomic mass is 9.88. The first-order chi connectivity index (χ1) is 30.5. The number of alkyl halides is 34. The number of carbonyl (C=O) groups excluding carboxylic acids is 1. The summed E-state index contributed by atoms with van der Waals surface area (Å²) in [5.41, 5.74) is -0.746. The molecule has 1 rings (SSSR count). The second-order valence-corrected chi connectivity index (χ2v) is 14.1. The van der Waals surface area contributed by atoms with Crippen LogP contribution in [0, 0.1) is 0 Å². The van der Waals surface area contributed by atoms with E-state index in [-0.39, 0.29) is 0 Å². The van der Waals surface area contributed by atoms with Crippen LogP contribution >= 0.6 is 0 Å². The molecule has 0 heterocycles. The van der Waals surface area contributed by atoms with Crippen LogP contribution < -0.4 is 9.47 Å². The van der Waals surface area contributed by atoms with Crippen LogP contribution in [-0.4, -0.2) is 122 Å². The molecule has 0 spiro atoms. The Morgan fingerprint density at radius 2 is 0.571 bits per heavy atom. The Labute approximate surface area is 364 Å². The minimum Gasteiger partial charge on any atom is -0.493 e. The van der Waals surface area contributed by atoms with Crippen molar-refractivity contribution in [3.63, 3.8) is 0 Å². The average molecular weight is 1120 g/mol. The van der Waals surface area contributed by atoms with E-state index in [1.165, 1.54) is 0 Å². The number of carbonyl (C=O) groups is 1. The molecular weight excluding hydrogens is 1090 g/mol. The Morgan fingerprint density at radius 1 is 0.343 bits per heavy atom. The number of halogens is 34. The molecule has 70 heavy (non-hydrogen) atoms. The van der Waals surface area contributed by atoms with Crippen LogP contribution in [0.5, 0.6) is 11.5 Å². The molecule has 0 amide bonds. The van der Waals surface area contributed by atoms with Crippen LogP contribution in [-0.2, 0) is 4.74 Å². The molecule has 0 fully saturated rings. The van der Waals surface area contributed by atoms with E-state index in [2.05, 4.69) is 4.74 Å². The fourth-order valence-electron chi connectivity index (χ4n) is 4.96. The normalized spacial score (nSPS) is 15.6. The second-order valence-electron chi connectivity index (χ2n) is 14.1. The van der Waals surface area contributed by atoms with Gasteiger partial charge in [-0.3, -0.25) is 0 Å². The summed E-state index contributed by atoms with van der Waals surface area (Å²) in [6, 6.07) is 1.68. The number of esters is 1. The number of methoxy groups -OCH3 is 1. The molecule has 0 aliphatic carbocycles. The summed E-state index contributed by atoms with van der Waals surface area (Å²) in [6.07, 6.45) is -27.5. The predicted octanol–water partition coefficient (Wildman–Crippen LogP) is 14.6. The van der Waals surface area contributed by atoms with Crippen molar-refractivity contribution in [2.45, 2.75) is 134 Å². The molecule has 1 aromatic carbocycles. The van der Waals surface area contributed by atoms with Crippen LogP contribution in [0.3, 0.4) is 0 Å². The first kappa shape index (κ1) is 63.9. The van der Waals surface area contributed by atoms with Crippen molar-refractivity contribution in [2.75, 3.05) is 20.3 Å². The van der Waals surface area contributed by atoms with Crippen molar-refractivity contribution in [1.82, 2.24) is 0 Å². The van der Waals surface area contributed by atoms with Gasteiger partial charge in [0, 0.05) is 18.9 Å². The van der Waals surface area contributed by atoms with Crippen molar-refractivity contribution < 1.29 is 168 Å². The van der Waals surface area contributed by atoms with E-state index in [0.717, 1.165) is 0 Å². The number of rotatable bonds is 25. The Morgan fingerprint density at radius 3 is 0.800 bits per heavy atom. The molecule has 0 saturated heterocycles. The van der Waals surface area contributed by atoms with Gasteiger partial charge in [-0.05, 0) is 37.8 Å². The number of hydrogen-bond acceptors (Lipinski definition) is 4. The van der Waals surface area contributed by atoms with Crippen LogP contribution in [0.15, 0.2) is 18.2 Å². The summed E-state index contributed by atoms with van der Waals surface area (Å²) in [6.45, 7) is -2.40. The van der Waals surface area contributed by atoms with Crippen molar-refractivity contribution >= 4 is 5.97 Å². The summed E-state index contributed by atoms with van der Waals surface area (Å²) >= 11 is 0. The van der Waals surface area contributed by atoms with E-state index < -0.39 is 170 Å². The molecule has 0 aromatic heterocycles. The summed E-state index contributed by atoms with van der Waals surface area (Å²) in [5, 5.41) is 0. The van der Waals surface area contributed by atoms with E-state index in [9.17, 15) is 154 Å². The lowest BCUT2D eigenvalue weighted by molar-refractivity contribution is -0.461. The highest BCUT2D eigenvalue weighted by molar-refractivity contribution is 5.90. The molecule has 0 bridgehead atoms. The molecule has 0 atom stereocenters. The molecule has 0 radical (unpaired) electrons. The van der Waals surface area contributed by atoms with E-state index in [4.69, 9.17) is 9.47 Å². The van der Waals surface area contributed by atoms with Gasteiger partial charge in [-0.2, -0.15) is 149 Å². The third-order valence-electron chi connectivity index (χ3n) is 9.18. The van der Waals surface area contributed by atoms with Crippen molar-refractivity contribution in [3.8, 4) is 11.5 Å². The average Bonchev–Trinajstić information content (AvgIpc) is 3.18. The Hall–Kier alpha value is -4.09. The smallest absolute Gasteiger partial charge is 0.460 e. The molecule has 412 valence electrons. The second kappa shape index (κ2) is 19.1. The number of benzene rings is 1. The monoisotopic (exact) mass is 1120 g/mol. The molecule has 1 aromatic rings. The fraction of sp³-hybridized carbons (Fsp3) is 0.781. The molecule has 4 nitrogen and oxygen atoms in total. The minimum atomic E-state index is -8.87. The van der Waals surface area contributed by atoms with Gasteiger partial charge < -0.3 is 14.2 Å². The van der Waals surface area contributed by atoms with E-state index >= 15 is 0 Å². The maximum atomic E-state index is 14.2. The lowest BCUT2D eigenvalue weighted by Crippen LogP contribution is -2.74. The third-order valence-corrected chi connectivity index (χ3v) is 9.18. The maximum absolute atomic E-state index is 14.2. The predicted molar refractivity (Wildman–Crippen MR) is 158 cm³/mol. The van der Waals surface area contributed by atoms with Gasteiger partial charge in [0.25, 0.3) is 0 Å². The van der Waals surface area contributed by atoms with Crippen molar-refractivity contribution in [1.29, 1.82) is 0 Å². The van der Waals surface area contributed by atoms with E-state index in [0.29, 0.717) is 25.3 Å². The van der Waals surface area contributed by atoms with Gasteiger partial charge in [0.1, 0.15) is 11.5 Å². The molecule has 0 N–H and O–H groups in total. The van der Waals surface area contributed by atoms with Crippen molar-refractivity contribution in [3.05, 3.63) is 23.8 Å². The highest BCUT2D eigenvalue weighted by Crippen LogP contribution is 2.66. The molecule has 0 aliphatic rings. The standard InChI is InChI=1S/C32H22F34O4/c1-68-16(67)13-10-14(69-8-4-2-6-17(33,34)19(37,38)21(41,42)23(45,46)25(49,50)27(53,54)29(57,58)31(61,62)63)12-15(11-13)70-9-5-3-7-18(35,36)20(39,40)22(43,44)24(47,48)26(51,52)28(55,56)30(59,60)32(64,65)66/h10-12H,2-9H2,1H3. The van der Waals surface area contributed by atoms with Gasteiger partial charge in [0.15, 0.2) is 0 Å². The highest BCUT2D eigenvalue weighted by atomic mass is 19.4. The third kappa shape index (κ3) is 10.1. The Balaban J connectivity index is 3.17. The zero-order chi connectivity index (χ0) is 56.2. The van der Waals surface area contributed by atoms with Gasteiger partial charge in [-0.1, -0.05) is 0 Å². The first-order valence-electron chi connectivity index (χ1n) is 17.4. The van der Waals surface area contributed by atoms with Gasteiger partial charge >= 0.3 is 101 Å². The quantitative estimate of drug-likeness (QED) is 0.0556. The summed E-state index contributed by atoms with van der Waals surface area (Å²) in [7, 11) is 0.649. The molecule has 0 saturated carbocycles. The van der Waals surface area contributed by atoms with Gasteiger partial charge in [-0.15, -0.1) is 0 Å². The summed E-state index contributed by atoms with van der Waals surface area (Å²) < 4.78 is 472. The van der Waals surface area contributed by atoms with Crippen LogP contribution in [0.2, 0.25) is 0 Å². The molecular formula is C32H22F34O4. The number of hydrogen-bond donors (Lipinski definition) is 0. The van der Waals surface area contributed by atoms with Gasteiger partial charge in [0.05, 0.1) is 25.9 Å². The number of ether oxygens (including phenoxy) is 3. The zero-order valence-corrected chi connectivity index (χ0v) is 32.9. The molecule has 38 heteroatoms. The van der Waals surface area contributed by atoms with Crippen LogP contribution in [0.1, 0.15) is 48.9 Å². The van der Waals surface area contributed by atoms with Gasteiger partial charge in [-0.25, -0.2) is 4.79 Å². The summed E-state index contributed by atoms with van der Waals surface area (Å²) in [4.78, 5) is 12.0. The minimum absolute atomic E-state index is 0.528. The zero-order valence-electron chi connectivity index (χ0n) is 32.9.